The van der Waals surface area contributed by atoms with Crippen LogP contribution in [-0.4, -0.2) is 26.2 Å². The van der Waals surface area contributed by atoms with Crippen LogP contribution in [0.4, 0.5) is 0 Å². The minimum Gasteiger partial charge on any atom is -0.330 e. The molecule has 0 aromatic carbocycles. The molecule has 0 aliphatic carbocycles. The first-order valence-electron chi connectivity index (χ1n) is 8.91. The van der Waals surface area contributed by atoms with Crippen LogP contribution >= 0.6 is 0 Å². The first kappa shape index (κ1) is 21.9. The molecule has 134 valence electrons. The highest BCUT2D eigenvalue weighted by Crippen LogP contribution is 2.36. The van der Waals surface area contributed by atoms with Gasteiger partial charge in [-0.1, -0.05) is 55.4 Å². The minimum absolute atomic E-state index is 0.209. The molecule has 0 saturated heterocycles. The zero-order valence-corrected chi connectivity index (χ0v) is 16.6. The summed E-state index contributed by atoms with van der Waals surface area (Å²) in [5.41, 5.74) is 12.8. The Bertz CT molecular complexity index is 321. The third kappa shape index (κ3) is 8.50. The van der Waals surface area contributed by atoms with Crippen molar-refractivity contribution in [2.45, 2.75) is 74.7 Å². The molecule has 0 amide bonds. The van der Waals surface area contributed by atoms with Crippen molar-refractivity contribution in [2.75, 3.05) is 26.2 Å². The van der Waals surface area contributed by atoms with Crippen LogP contribution in [0.15, 0.2) is 0 Å². The van der Waals surface area contributed by atoms with E-state index in [0.717, 1.165) is 39.0 Å². The van der Waals surface area contributed by atoms with Crippen LogP contribution in [0.5, 0.6) is 0 Å². The third-order valence-corrected chi connectivity index (χ3v) is 4.98. The fourth-order valence-corrected chi connectivity index (χ4v) is 3.67. The van der Waals surface area contributed by atoms with Gasteiger partial charge in [0.2, 0.25) is 0 Å². The van der Waals surface area contributed by atoms with Gasteiger partial charge in [0.25, 0.3) is 0 Å². The van der Waals surface area contributed by atoms with Crippen LogP contribution in [0.3, 0.4) is 0 Å². The van der Waals surface area contributed by atoms with Gasteiger partial charge in [-0.2, -0.15) is 0 Å². The van der Waals surface area contributed by atoms with E-state index in [9.17, 15) is 0 Å². The Morgan fingerprint density at radius 3 is 1.55 bits per heavy atom. The van der Waals surface area contributed by atoms with E-state index >= 15 is 0 Å². The van der Waals surface area contributed by atoms with Crippen LogP contribution in [0.1, 0.15) is 74.7 Å². The fourth-order valence-electron chi connectivity index (χ4n) is 3.67. The highest BCUT2D eigenvalue weighted by atomic mass is 14.9. The SMILES string of the molecule is CCC(C)(CNCC(C)(C)CC(C)(C)CN)CC(C)(C)CN. The van der Waals surface area contributed by atoms with E-state index in [-0.39, 0.29) is 16.2 Å². The average molecular weight is 314 g/mol. The summed E-state index contributed by atoms with van der Waals surface area (Å²) in [5.74, 6) is 0. The van der Waals surface area contributed by atoms with Crippen LogP contribution < -0.4 is 16.8 Å². The van der Waals surface area contributed by atoms with E-state index in [1.165, 1.54) is 6.42 Å². The van der Waals surface area contributed by atoms with Crippen LogP contribution in [0, 0.1) is 21.7 Å². The lowest BCUT2D eigenvalue weighted by Crippen LogP contribution is -2.42. The van der Waals surface area contributed by atoms with E-state index in [1.54, 1.807) is 0 Å². The van der Waals surface area contributed by atoms with Crippen molar-refractivity contribution >= 4 is 0 Å². The number of hydrogen-bond acceptors (Lipinski definition) is 3. The molecule has 0 aromatic heterocycles. The van der Waals surface area contributed by atoms with Crippen LogP contribution in [0.25, 0.3) is 0 Å². The second kappa shape index (κ2) is 8.12. The van der Waals surface area contributed by atoms with Gasteiger partial charge >= 0.3 is 0 Å². The van der Waals surface area contributed by atoms with Crippen molar-refractivity contribution in [1.82, 2.24) is 5.32 Å². The van der Waals surface area contributed by atoms with Crippen molar-refractivity contribution in [2.24, 2.45) is 33.1 Å². The van der Waals surface area contributed by atoms with Crippen LogP contribution in [-0.2, 0) is 0 Å². The van der Waals surface area contributed by atoms with E-state index in [4.69, 9.17) is 11.5 Å². The predicted octanol–water partition coefficient (Wildman–Crippen LogP) is 3.77. The average Bonchev–Trinajstić information content (AvgIpc) is 2.36. The molecule has 22 heavy (non-hydrogen) atoms. The van der Waals surface area contributed by atoms with E-state index in [0.29, 0.717) is 5.41 Å². The normalized spacial score (nSPS) is 16.6. The first-order chi connectivity index (χ1) is 9.80. The molecule has 3 nitrogen and oxygen atoms in total. The maximum atomic E-state index is 5.92. The molecule has 0 rings (SSSR count). The highest BCUT2D eigenvalue weighted by molar-refractivity contribution is 4.86. The van der Waals surface area contributed by atoms with Crippen molar-refractivity contribution in [3.63, 3.8) is 0 Å². The van der Waals surface area contributed by atoms with Gasteiger partial charge < -0.3 is 16.8 Å². The Balaban J connectivity index is 4.52. The molecule has 0 aliphatic rings. The Labute approximate surface area is 140 Å². The molecule has 0 bridgehead atoms. The zero-order chi connectivity index (χ0) is 17.7. The van der Waals surface area contributed by atoms with Gasteiger partial charge in [-0.15, -0.1) is 0 Å². The summed E-state index contributed by atoms with van der Waals surface area (Å²) in [6, 6.07) is 0. The molecule has 0 saturated carbocycles. The first-order valence-corrected chi connectivity index (χ1v) is 8.91. The zero-order valence-electron chi connectivity index (χ0n) is 16.6. The number of nitrogens with one attached hydrogen (secondary N) is 1. The van der Waals surface area contributed by atoms with Crippen molar-refractivity contribution < 1.29 is 0 Å². The van der Waals surface area contributed by atoms with Gasteiger partial charge in [0.1, 0.15) is 0 Å². The minimum atomic E-state index is 0.209. The summed E-state index contributed by atoms with van der Waals surface area (Å²) in [7, 11) is 0. The largest absolute Gasteiger partial charge is 0.330 e. The summed E-state index contributed by atoms with van der Waals surface area (Å²) in [6.45, 7) is 22.0. The lowest BCUT2D eigenvalue weighted by atomic mass is 9.72. The van der Waals surface area contributed by atoms with Gasteiger partial charge in [-0.3, -0.25) is 0 Å². The summed E-state index contributed by atoms with van der Waals surface area (Å²) < 4.78 is 0. The Morgan fingerprint density at radius 2 is 1.14 bits per heavy atom. The molecular formula is C19H43N3. The molecule has 0 radical (unpaired) electrons. The predicted molar refractivity (Wildman–Crippen MR) is 100.0 cm³/mol. The Hall–Kier alpha value is -0.120. The molecule has 3 heteroatoms. The molecule has 0 spiro atoms. The second-order valence-corrected chi connectivity index (χ2v) is 10.0. The number of rotatable bonds is 11. The molecular weight excluding hydrogens is 270 g/mol. The molecule has 1 atom stereocenters. The second-order valence-electron chi connectivity index (χ2n) is 10.0. The maximum Gasteiger partial charge on any atom is 0.000550 e. The highest BCUT2D eigenvalue weighted by Gasteiger charge is 2.32. The lowest BCUT2D eigenvalue weighted by molar-refractivity contribution is 0.151. The molecule has 0 aromatic rings. The molecule has 1 unspecified atom stereocenters. The fraction of sp³-hybridized carbons (Fsp3) is 1.00. The van der Waals surface area contributed by atoms with Crippen molar-refractivity contribution in [3.05, 3.63) is 0 Å². The van der Waals surface area contributed by atoms with Crippen molar-refractivity contribution in [3.8, 4) is 0 Å². The third-order valence-electron chi connectivity index (χ3n) is 4.98. The number of nitrogens with two attached hydrogens (primary N) is 2. The van der Waals surface area contributed by atoms with Gasteiger partial charge in [0, 0.05) is 13.1 Å². The Morgan fingerprint density at radius 1 is 0.682 bits per heavy atom. The van der Waals surface area contributed by atoms with Gasteiger partial charge in [0.05, 0.1) is 0 Å². The van der Waals surface area contributed by atoms with E-state index < -0.39 is 0 Å². The lowest BCUT2D eigenvalue weighted by Gasteiger charge is -2.39. The van der Waals surface area contributed by atoms with Gasteiger partial charge in [-0.25, -0.2) is 0 Å². The molecule has 0 heterocycles. The summed E-state index contributed by atoms with van der Waals surface area (Å²) in [4.78, 5) is 0. The topological polar surface area (TPSA) is 64.1 Å². The maximum absolute atomic E-state index is 5.92. The van der Waals surface area contributed by atoms with E-state index in [2.05, 4.69) is 60.7 Å². The molecule has 0 aliphatic heterocycles. The molecule has 0 fully saturated rings. The van der Waals surface area contributed by atoms with Gasteiger partial charge in [-0.05, 0) is 54.0 Å². The summed E-state index contributed by atoms with van der Waals surface area (Å²) >= 11 is 0. The van der Waals surface area contributed by atoms with Crippen LogP contribution in [0.2, 0.25) is 0 Å². The summed E-state index contributed by atoms with van der Waals surface area (Å²) in [6.07, 6.45) is 3.48. The quantitative estimate of drug-likeness (QED) is 0.544. The van der Waals surface area contributed by atoms with Gasteiger partial charge in [0.15, 0.2) is 0 Å². The van der Waals surface area contributed by atoms with E-state index in [1.807, 2.05) is 0 Å². The summed E-state index contributed by atoms with van der Waals surface area (Å²) in [5, 5.41) is 3.73. The molecule has 5 N–H and O–H groups in total. The Kier molecular flexibility index (Phi) is 8.08. The smallest absolute Gasteiger partial charge is 0.000550 e. The number of hydrogen-bond donors (Lipinski definition) is 3. The van der Waals surface area contributed by atoms with Crippen molar-refractivity contribution in [1.29, 1.82) is 0 Å². The monoisotopic (exact) mass is 313 g/mol. The standard InChI is InChI=1S/C19H43N3/c1-9-19(8,11-17(4,5)13-21)15-22-14-18(6,7)10-16(2,3)12-20/h22H,9-15,20-21H2,1-8H3.